The van der Waals surface area contributed by atoms with Crippen molar-refractivity contribution in [1.82, 2.24) is 4.90 Å². The van der Waals surface area contributed by atoms with Gasteiger partial charge < -0.3 is 5.32 Å². The third-order valence-corrected chi connectivity index (χ3v) is 3.51. The highest BCUT2D eigenvalue weighted by atomic mass is 16.2. The van der Waals surface area contributed by atoms with Crippen LogP contribution in [0.3, 0.4) is 0 Å². The number of amides is 1. The van der Waals surface area contributed by atoms with E-state index in [4.69, 9.17) is 0 Å². The summed E-state index contributed by atoms with van der Waals surface area (Å²) in [4.78, 5) is 14.5. The maximum Gasteiger partial charge on any atom is 0.245 e. The summed E-state index contributed by atoms with van der Waals surface area (Å²) in [5.74, 6) is 0.0109. The van der Waals surface area contributed by atoms with Crippen molar-refractivity contribution >= 4 is 11.6 Å². The number of rotatable bonds is 3. The van der Waals surface area contributed by atoms with Crippen LogP contribution in [-0.4, -0.2) is 23.4 Å². The summed E-state index contributed by atoms with van der Waals surface area (Å²) in [5.41, 5.74) is 2.05. The maximum absolute atomic E-state index is 12.4. The molecule has 0 aromatic heterocycles. The van der Waals surface area contributed by atoms with Gasteiger partial charge in [-0.1, -0.05) is 36.4 Å². The smallest absolute Gasteiger partial charge is 0.245 e. The Hall–Kier alpha value is -1.87. The van der Waals surface area contributed by atoms with Crippen molar-refractivity contribution in [1.29, 1.82) is 0 Å². The number of allylic oxidation sites excluding steroid dienone is 1. The van der Waals surface area contributed by atoms with Crippen molar-refractivity contribution in [2.75, 3.05) is 11.9 Å². The second-order valence-corrected chi connectivity index (χ2v) is 4.71. The lowest BCUT2D eigenvalue weighted by atomic mass is 10.0. The Morgan fingerprint density at radius 1 is 1.42 bits per heavy atom. The zero-order chi connectivity index (χ0) is 13.8. The molecule has 2 unspecified atom stereocenters. The molecule has 0 fully saturated rings. The highest BCUT2D eigenvalue weighted by molar-refractivity contribution is 5.97. The monoisotopic (exact) mass is 256 g/mol. The van der Waals surface area contributed by atoms with Crippen LogP contribution in [0.5, 0.6) is 0 Å². The first-order chi connectivity index (χ1) is 9.19. The summed E-state index contributed by atoms with van der Waals surface area (Å²) in [6.07, 6.45) is 5.69. The first-order valence-corrected chi connectivity index (χ1v) is 6.58. The first-order valence-electron chi connectivity index (χ1n) is 6.58. The lowest BCUT2D eigenvalue weighted by Crippen LogP contribution is -2.42. The van der Waals surface area contributed by atoms with E-state index in [9.17, 15) is 4.79 Å². The SMILES string of the molecule is C=CCN1C(/C=C/C)C(=O)Nc2ccccc2C1C. The minimum Gasteiger partial charge on any atom is -0.324 e. The van der Waals surface area contributed by atoms with Gasteiger partial charge >= 0.3 is 0 Å². The Morgan fingerprint density at radius 3 is 2.84 bits per heavy atom. The third-order valence-electron chi connectivity index (χ3n) is 3.51. The van der Waals surface area contributed by atoms with Crippen molar-refractivity contribution < 1.29 is 4.79 Å². The molecule has 0 spiro atoms. The lowest BCUT2D eigenvalue weighted by Gasteiger charge is -2.30. The molecule has 3 heteroatoms. The molecular weight excluding hydrogens is 236 g/mol. The Balaban J connectivity index is 2.48. The molecule has 1 aliphatic rings. The van der Waals surface area contributed by atoms with Gasteiger partial charge in [0.1, 0.15) is 6.04 Å². The van der Waals surface area contributed by atoms with Crippen LogP contribution in [0.15, 0.2) is 49.1 Å². The largest absolute Gasteiger partial charge is 0.324 e. The van der Waals surface area contributed by atoms with E-state index in [1.54, 1.807) is 0 Å². The number of hydrogen-bond acceptors (Lipinski definition) is 2. The van der Waals surface area contributed by atoms with Gasteiger partial charge in [-0.05, 0) is 25.5 Å². The number of nitrogens with zero attached hydrogens (tertiary/aromatic N) is 1. The molecule has 2 rings (SSSR count). The first kappa shape index (κ1) is 13.6. The Kier molecular flexibility index (Phi) is 4.17. The van der Waals surface area contributed by atoms with Crippen LogP contribution in [0, 0.1) is 0 Å². The molecule has 1 aromatic rings. The van der Waals surface area contributed by atoms with Crippen LogP contribution in [0.1, 0.15) is 25.5 Å². The maximum atomic E-state index is 12.4. The Labute approximate surface area is 114 Å². The molecule has 1 amide bonds. The molecule has 0 saturated heterocycles. The van der Waals surface area contributed by atoms with E-state index in [-0.39, 0.29) is 18.0 Å². The number of anilines is 1. The molecule has 2 atom stereocenters. The zero-order valence-electron chi connectivity index (χ0n) is 11.5. The molecule has 1 N–H and O–H groups in total. The van der Waals surface area contributed by atoms with Crippen LogP contribution in [-0.2, 0) is 4.79 Å². The quantitative estimate of drug-likeness (QED) is 0.843. The Morgan fingerprint density at radius 2 is 2.16 bits per heavy atom. The van der Waals surface area contributed by atoms with Crippen LogP contribution in [0.25, 0.3) is 0 Å². The molecule has 0 radical (unpaired) electrons. The predicted molar refractivity (Wildman–Crippen MR) is 79.0 cm³/mol. The van der Waals surface area contributed by atoms with E-state index in [1.807, 2.05) is 43.4 Å². The molecule has 1 aliphatic heterocycles. The highest BCUT2D eigenvalue weighted by Gasteiger charge is 2.32. The van der Waals surface area contributed by atoms with Crippen molar-refractivity contribution in [3.05, 3.63) is 54.6 Å². The number of benzene rings is 1. The number of carbonyl (C=O) groups excluding carboxylic acids is 1. The van der Waals surface area contributed by atoms with Crippen molar-refractivity contribution in [3.63, 3.8) is 0 Å². The summed E-state index contributed by atoms with van der Waals surface area (Å²) in [7, 11) is 0. The van der Waals surface area contributed by atoms with Gasteiger partial charge in [0.15, 0.2) is 0 Å². The molecular formula is C16H20N2O. The standard InChI is InChI=1S/C16H20N2O/c1-4-8-15-16(19)17-14-10-7-6-9-13(14)12(3)18(15)11-5-2/h4-10,12,15H,2,11H2,1,3H3,(H,17,19)/b8-4+. The minimum absolute atomic E-state index is 0.0109. The summed E-state index contributed by atoms with van der Waals surface area (Å²) >= 11 is 0. The molecule has 0 aliphatic carbocycles. The molecule has 1 heterocycles. The zero-order valence-corrected chi connectivity index (χ0v) is 11.5. The van der Waals surface area contributed by atoms with Gasteiger partial charge in [0.05, 0.1) is 0 Å². The molecule has 19 heavy (non-hydrogen) atoms. The Bertz CT molecular complexity index is 507. The fourth-order valence-corrected chi connectivity index (χ4v) is 2.55. The average Bonchev–Trinajstić information content (AvgIpc) is 2.50. The van der Waals surface area contributed by atoms with Gasteiger partial charge in [-0.3, -0.25) is 9.69 Å². The third kappa shape index (κ3) is 2.61. The molecule has 0 saturated carbocycles. The van der Waals surface area contributed by atoms with E-state index < -0.39 is 0 Å². The topological polar surface area (TPSA) is 32.3 Å². The van der Waals surface area contributed by atoms with Gasteiger partial charge in [0, 0.05) is 18.3 Å². The summed E-state index contributed by atoms with van der Waals surface area (Å²) < 4.78 is 0. The molecule has 1 aromatic carbocycles. The van der Waals surface area contributed by atoms with Crippen molar-refractivity contribution in [2.45, 2.75) is 25.9 Å². The second-order valence-electron chi connectivity index (χ2n) is 4.71. The normalized spacial score (nSPS) is 23.8. The van der Waals surface area contributed by atoms with Crippen molar-refractivity contribution in [3.8, 4) is 0 Å². The summed E-state index contributed by atoms with van der Waals surface area (Å²) in [5, 5.41) is 3.01. The van der Waals surface area contributed by atoms with E-state index >= 15 is 0 Å². The molecule has 0 bridgehead atoms. The molecule has 3 nitrogen and oxygen atoms in total. The van der Waals surface area contributed by atoms with Gasteiger partial charge in [0.2, 0.25) is 5.91 Å². The van der Waals surface area contributed by atoms with E-state index in [0.29, 0.717) is 6.54 Å². The van der Waals surface area contributed by atoms with Crippen LogP contribution >= 0.6 is 0 Å². The number of carbonyl (C=O) groups is 1. The molecule has 100 valence electrons. The van der Waals surface area contributed by atoms with Gasteiger partial charge in [-0.25, -0.2) is 0 Å². The second kappa shape index (κ2) is 5.85. The van der Waals surface area contributed by atoms with Crippen LogP contribution in [0.2, 0.25) is 0 Å². The average molecular weight is 256 g/mol. The van der Waals surface area contributed by atoms with Crippen molar-refractivity contribution in [2.24, 2.45) is 0 Å². The fourth-order valence-electron chi connectivity index (χ4n) is 2.55. The summed E-state index contributed by atoms with van der Waals surface area (Å²) in [6, 6.07) is 7.87. The minimum atomic E-state index is -0.259. The van der Waals surface area contributed by atoms with Gasteiger partial charge in [-0.2, -0.15) is 0 Å². The number of hydrogen-bond donors (Lipinski definition) is 1. The lowest BCUT2D eigenvalue weighted by molar-refractivity contribution is -0.120. The number of para-hydroxylation sites is 1. The van der Waals surface area contributed by atoms with E-state index in [1.165, 1.54) is 0 Å². The van der Waals surface area contributed by atoms with Gasteiger partial charge in [0.25, 0.3) is 0 Å². The summed E-state index contributed by atoms with van der Waals surface area (Å²) in [6.45, 7) is 8.53. The van der Waals surface area contributed by atoms with Crippen LogP contribution in [0.4, 0.5) is 5.69 Å². The number of fused-ring (bicyclic) bond motifs is 1. The van der Waals surface area contributed by atoms with Gasteiger partial charge in [-0.15, -0.1) is 6.58 Å². The van der Waals surface area contributed by atoms with Crippen LogP contribution < -0.4 is 5.32 Å². The van der Waals surface area contributed by atoms with E-state index in [0.717, 1.165) is 11.3 Å². The fraction of sp³-hybridized carbons (Fsp3) is 0.312. The number of nitrogens with one attached hydrogen (secondary N) is 1. The highest BCUT2D eigenvalue weighted by Crippen LogP contribution is 2.32. The van der Waals surface area contributed by atoms with E-state index in [2.05, 4.69) is 29.8 Å². The predicted octanol–water partition coefficient (Wildman–Crippen LogP) is 3.13.